The van der Waals surface area contributed by atoms with Gasteiger partial charge in [0.15, 0.2) is 5.69 Å². The molecule has 0 bridgehead atoms. The van der Waals surface area contributed by atoms with Crippen LogP contribution >= 0.6 is 11.6 Å². The first-order chi connectivity index (χ1) is 12.0. The highest BCUT2D eigenvalue weighted by Gasteiger charge is 2.11. The molecule has 128 valence electrons. The van der Waals surface area contributed by atoms with Crippen LogP contribution in [0.15, 0.2) is 42.9 Å². The third-order valence-corrected chi connectivity index (χ3v) is 3.61. The van der Waals surface area contributed by atoms with Crippen LogP contribution in [0.5, 0.6) is 0 Å². The van der Waals surface area contributed by atoms with E-state index >= 15 is 0 Å². The first kappa shape index (κ1) is 16.7. The quantitative estimate of drug-likeness (QED) is 0.688. The van der Waals surface area contributed by atoms with Crippen molar-refractivity contribution in [1.29, 1.82) is 0 Å². The molecule has 2 N–H and O–H groups in total. The summed E-state index contributed by atoms with van der Waals surface area (Å²) in [7, 11) is 0. The Morgan fingerprint density at radius 1 is 1.16 bits per heavy atom. The fraction of sp³-hybridized carbons (Fsp3) is 0.133. The summed E-state index contributed by atoms with van der Waals surface area (Å²) in [6, 6.07) is 8.68. The minimum atomic E-state index is -1.15. The van der Waals surface area contributed by atoms with Gasteiger partial charge in [0.2, 0.25) is 11.9 Å². The van der Waals surface area contributed by atoms with E-state index in [0.717, 1.165) is 5.56 Å². The number of nitrogens with one attached hydrogen (secondary N) is 1. The predicted octanol–water partition coefficient (Wildman–Crippen LogP) is 1.51. The number of carbonyl (C=O) groups excluding carboxylic acids is 1. The fourth-order valence-corrected chi connectivity index (χ4v) is 2.30. The van der Waals surface area contributed by atoms with Crippen LogP contribution < -0.4 is 5.32 Å². The fourth-order valence-electron chi connectivity index (χ4n) is 2.10. The largest absolute Gasteiger partial charge is 0.476 e. The number of nitrogens with zero attached hydrogens (tertiary/aromatic N) is 5. The van der Waals surface area contributed by atoms with Gasteiger partial charge in [-0.1, -0.05) is 29.8 Å². The Balaban J connectivity index is 1.59. The molecule has 0 aliphatic rings. The standard InChI is InChI=1S/C15H13ClN6O3/c16-11-4-2-1-3-10(11)7-22-9-17-15(20-22)18-13(23)8-21-6-5-12(19-21)14(24)25/h1-6,9H,7-8H2,(H,24,25)(H,18,20,23). The molecule has 0 unspecified atom stereocenters. The molecular weight excluding hydrogens is 348 g/mol. The number of anilines is 1. The third-order valence-electron chi connectivity index (χ3n) is 3.24. The van der Waals surface area contributed by atoms with Gasteiger partial charge in [0.05, 0.1) is 6.54 Å². The molecule has 0 saturated carbocycles. The van der Waals surface area contributed by atoms with Gasteiger partial charge in [0, 0.05) is 11.2 Å². The molecule has 2 heterocycles. The minimum Gasteiger partial charge on any atom is -0.476 e. The molecule has 0 fully saturated rings. The summed E-state index contributed by atoms with van der Waals surface area (Å²) in [6.45, 7) is 0.274. The van der Waals surface area contributed by atoms with E-state index in [1.54, 1.807) is 10.7 Å². The lowest BCUT2D eigenvalue weighted by Gasteiger charge is -2.03. The van der Waals surface area contributed by atoms with Crippen molar-refractivity contribution in [3.8, 4) is 0 Å². The second kappa shape index (κ2) is 7.14. The second-order valence-electron chi connectivity index (χ2n) is 5.11. The van der Waals surface area contributed by atoms with Crippen molar-refractivity contribution in [3.63, 3.8) is 0 Å². The number of aromatic carboxylic acids is 1. The number of halogens is 1. The lowest BCUT2D eigenvalue weighted by atomic mass is 10.2. The van der Waals surface area contributed by atoms with Crippen molar-refractivity contribution in [1.82, 2.24) is 24.5 Å². The van der Waals surface area contributed by atoms with E-state index in [1.165, 1.54) is 23.3 Å². The van der Waals surface area contributed by atoms with Gasteiger partial charge < -0.3 is 5.11 Å². The molecule has 3 rings (SSSR count). The summed E-state index contributed by atoms with van der Waals surface area (Å²) < 4.78 is 2.77. The van der Waals surface area contributed by atoms with Crippen molar-refractivity contribution in [2.24, 2.45) is 0 Å². The smallest absolute Gasteiger partial charge is 0.356 e. The summed E-state index contributed by atoms with van der Waals surface area (Å²) in [5.41, 5.74) is 0.750. The van der Waals surface area contributed by atoms with Crippen molar-refractivity contribution < 1.29 is 14.7 Å². The molecule has 10 heteroatoms. The van der Waals surface area contributed by atoms with E-state index in [2.05, 4.69) is 20.5 Å². The number of carboxylic acid groups (broad SMARTS) is 1. The van der Waals surface area contributed by atoms with Gasteiger partial charge in [-0.3, -0.25) is 14.8 Å². The maximum atomic E-state index is 12.0. The molecule has 0 aliphatic carbocycles. The van der Waals surface area contributed by atoms with E-state index < -0.39 is 11.9 Å². The van der Waals surface area contributed by atoms with Crippen LogP contribution in [0.25, 0.3) is 0 Å². The number of benzene rings is 1. The zero-order chi connectivity index (χ0) is 17.8. The second-order valence-corrected chi connectivity index (χ2v) is 5.52. The van der Waals surface area contributed by atoms with Gasteiger partial charge in [-0.05, 0) is 17.7 Å². The van der Waals surface area contributed by atoms with Crippen molar-refractivity contribution >= 4 is 29.4 Å². The Morgan fingerprint density at radius 3 is 2.68 bits per heavy atom. The summed E-state index contributed by atoms with van der Waals surface area (Å²) in [5, 5.41) is 19.9. The average Bonchev–Trinajstić information content (AvgIpc) is 3.19. The summed E-state index contributed by atoms with van der Waals surface area (Å²) in [5.74, 6) is -1.43. The number of hydrogen-bond acceptors (Lipinski definition) is 5. The SMILES string of the molecule is O=C(Cn1ccc(C(=O)O)n1)Nc1ncn(Cc2ccccc2Cl)n1. The molecule has 0 radical (unpaired) electrons. The molecule has 0 atom stereocenters. The van der Waals surface area contributed by atoms with Gasteiger partial charge in [-0.25, -0.2) is 14.5 Å². The lowest BCUT2D eigenvalue weighted by Crippen LogP contribution is -2.20. The van der Waals surface area contributed by atoms with Crippen LogP contribution in [-0.4, -0.2) is 41.5 Å². The normalized spacial score (nSPS) is 10.6. The van der Waals surface area contributed by atoms with Crippen LogP contribution in [0.4, 0.5) is 5.95 Å². The van der Waals surface area contributed by atoms with Crippen LogP contribution in [0.1, 0.15) is 16.1 Å². The number of carboxylic acids is 1. The molecule has 2 aromatic heterocycles. The number of carbonyl (C=O) groups is 2. The molecule has 9 nitrogen and oxygen atoms in total. The monoisotopic (exact) mass is 360 g/mol. The minimum absolute atomic E-state index is 0.130. The van der Waals surface area contributed by atoms with Gasteiger partial charge in [0.25, 0.3) is 0 Å². The Labute approximate surface area is 146 Å². The van der Waals surface area contributed by atoms with E-state index in [9.17, 15) is 9.59 Å². The lowest BCUT2D eigenvalue weighted by molar-refractivity contribution is -0.117. The van der Waals surface area contributed by atoms with E-state index in [-0.39, 0.29) is 18.2 Å². The number of amides is 1. The third kappa shape index (κ3) is 4.21. The first-order valence-electron chi connectivity index (χ1n) is 7.21. The molecule has 0 spiro atoms. The average molecular weight is 361 g/mol. The van der Waals surface area contributed by atoms with E-state index in [1.807, 2.05) is 18.2 Å². The molecule has 1 amide bonds. The van der Waals surface area contributed by atoms with Crippen LogP contribution in [0.3, 0.4) is 0 Å². The van der Waals surface area contributed by atoms with Crippen LogP contribution in [0.2, 0.25) is 5.02 Å². The van der Waals surface area contributed by atoms with Gasteiger partial charge >= 0.3 is 5.97 Å². The van der Waals surface area contributed by atoms with Gasteiger partial charge in [-0.15, -0.1) is 5.10 Å². The Morgan fingerprint density at radius 2 is 1.96 bits per heavy atom. The van der Waals surface area contributed by atoms with E-state index in [0.29, 0.717) is 11.6 Å². The highest BCUT2D eigenvalue weighted by Crippen LogP contribution is 2.15. The van der Waals surface area contributed by atoms with Crippen molar-refractivity contribution in [2.75, 3.05) is 5.32 Å². The van der Waals surface area contributed by atoms with Gasteiger partial charge in [-0.2, -0.15) is 5.10 Å². The summed E-state index contributed by atoms with van der Waals surface area (Å²) in [6.07, 6.45) is 2.89. The Kier molecular flexibility index (Phi) is 4.75. The molecule has 0 saturated heterocycles. The Bertz CT molecular complexity index is 919. The maximum absolute atomic E-state index is 12.0. The molecule has 25 heavy (non-hydrogen) atoms. The zero-order valence-electron chi connectivity index (χ0n) is 12.8. The highest BCUT2D eigenvalue weighted by molar-refractivity contribution is 6.31. The molecule has 0 aliphatic heterocycles. The van der Waals surface area contributed by atoms with Gasteiger partial charge in [0.1, 0.15) is 12.9 Å². The molecular formula is C15H13ClN6O3. The first-order valence-corrected chi connectivity index (χ1v) is 7.58. The predicted molar refractivity (Wildman–Crippen MR) is 88.4 cm³/mol. The molecule has 1 aromatic carbocycles. The van der Waals surface area contributed by atoms with E-state index in [4.69, 9.17) is 16.7 Å². The highest BCUT2D eigenvalue weighted by atomic mass is 35.5. The molecule has 3 aromatic rings. The zero-order valence-corrected chi connectivity index (χ0v) is 13.6. The Hall–Kier alpha value is -3.20. The number of aromatic nitrogens is 5. The van der Waals surface area contributed by atoms with Crippen molar-refractivity contribution in [3.05, 3.63) is 59.1 Å². The summed E-state index contributed by atoms with van der Waals surface area (Å²) in [4.78, 5) is 26.7. The maximum Gasteiger partial charge on any atom is 0.356 e. The van der Waals surface area contributed by atoms with Crippen LogP contribution in [-0.2, 0) is 17.9 Å². The van der Waals surface area contributed by atoms with Crippen LogP contribution in [0, 0.1) is 0 Å². The number of rotatable bonds is 6. The van der Waals surface area contributed by atoms with Crippen molar-refractivity contribution in [2.45, 2.75) is 13.1 Å². The summed E-state index contributed by atoms with van der Waals surface area (Å²) >= 11 is 6.10. The topological polar surface area (TPSA) is 115 Å². The number of hydrogen-bond donors (Lipinski definition) is 2.